The van der Waals surface area contributed by atoms with Gasteiger partial charge in [-0.2, -0.15) is 14.0 Å². The maximum absolute atomic E-state index is 13.4. The van der Waals surface area contributed by atoms with Crippen molar-refractivity contribution in [3.8, 4) is 11.8 Å². The van der Waals surface area contributed by atoms with E-state index in [1.165, 1.54) is 0 Å². The van der Waals surface area contributed by atoms with Crippen molar-refractivity contribution in [3.05, 3.63) is 59.9 Å². The SMILES string of the molecule is C/C(=N/OCCOc1ccc(C#N)cc1)c1nc2ccccc2n1C(F)F. The molecule has 0 amide bonds. The number of hydrogen-bond acceptors (Lipinski definition) is 5. The van der Waals surface area contributed by atoms with Crippen molar-refractivity contribution in [3.63, 3.8) is 0 Å². The van der Waals surface area contributed by atoms with Gasteiger partial charge in [0.25, 0.3) is 0 Å². The molecule has 0 atom stereocenters. The first-order valence-electron chi connectivity index (χ1n) is 8.15. The Kier molecular flexibility index (Phi) is 5.61. The number of aromatic nitrogens is 2. The maximum Gasteiger partial charge on any atom is 0.320 e. The Hall–Kier alpha value is -3.47. The predicted octanol–water partition coefficient (Wildman–Crippen LogP) is 4.12. The molecule has 1 heterocycles. The summed E-state index contributed by atoms with van der Waals surface area (Å²) in [5, 5.41) is 12.6. The van der Waals surface area contributed by atoms with Crippen LogP contribution in [-0.2, 0) is 4.84 Å². The van der Waals surface area contributed by atoms with Crippen LogP contribution in [0.3, 0.4) is 0 Å². The minimum atomic E-state index is -2.74. The Morgan fingerprint density at radius 1 is 1.19 bits per heavy atom. The number of hydrogen-bond donors (Lipinski definition) is 0. The zero-order valence-electron chi connectivity index (χ0n) is 14.5. The number of alkyl halides is 2. The summed E-state index contributed by atoms with van der Waals surface area (Å²) >= 11 is 0. The number of nitrogens with zero attached hydrogens (tertiary/aromatic N) is 4. The second-order valence-corrected chi connectivity index (χ2v) is 5.57. The van der Waals surface area contributed by atoms with E-state index in [0.29, 0.717) is 22.3 Å². The number of benzene rings is 2. The van der Waals surface area contributed by atoms with Crippen molar-refractivity contribution in [1.82, 2.24) is 9.55 Å². The lowest BCUT2D eigenvalue weighted by Gasteiger charge is -2.08. The van der Waals surface area contributed by atoms with Crippen LogP contribution < -0.4 is 4.74 Å². The minimum absolute atomic E-state index is 0.0548. The molecule has 1 aromatic heterocycles. The highest BCUT2D eigenvalue weighted by Gasteiger charge is 2.19. The van der Waals surface area contributed by atoms with Gasteiger partial charge in [0.1, 0.15) is 18.1 Å². The van der Waals surface area contributed by atoms with Crippen LogP contribution in [-0.4, -0.2) is 28.5 Å². The Balaban J connectivity index is 1.61. The average Bonchev–Trinajstić information content (AvgIpc) is 3.08. The molecule has 0 aliphatic carbocycles. The van der Waals surface area contributed by atoms with Gasteiger partial charge in [0.05, 0.1) is 22.7 Å². The lowest BCUT2D eigenvalue weighted by atomic mass is 10.2. The summed E-state index contributed by atoms with van der Waals surface area (Å²) in [4.78, 5) is 9.37. The van der Waals surface area contributed by atoms with Crippen LogP contribution in [0.1, 0.15) is 24.9 Å². The van der Waals surface area contributed by atoms with E-state index in [1.54, 1.807) is 55.5 Å². The first kappa shape index (κ1) is 18.3. The van der Waals surface area contributed by atoms with Gasteiger partial charge in [-0.3, -0.25) is 4.57 Å². The molecule has 0 saturated carbocycles. The molecule has 6 nitrogen and oxygen atoms in total. The molecule has 0 aliphatic heterocycles. The third-order valence-electron chi connectivity index (χ3n) is 3.74. The Morgan fingerprint density at radius 3 is 2.63 bits per heavy atom. The zero-order valence-corrected chi connectivity index (χ0v) is 14.5. The monoisotopic (exact) mass is 370 g/mol. The molecule has 0 bridgehead atoms. The molecule has 0 unspecified atom stereocenters. The van der Waals surface area contributed by atoms with Gasteiger partial charge >= 0.3 is 6.55 Å². The van der Waals surface area contributed by atoms with Crippen LogP contribution in [0.4, 0.5) is 8.78 Å². The third kappa shape index (κ3) is 4.20. The Morgan fingerprint density at radius 2 is 1.93 bits per heavy atom. The van der Waals surface area contributed by atoms with Crippen LogP contribution in [0.15, 0.2) is 53.7 Å². The lowest BCUT2D eigenvalue weighted by Crippen LogP contribution is -2.11. The minimum Gasteiger partial charge on any atom is -0.490 e. The van der Waals surface area contributed by atoms with E-state index < -0.39 is 6.55 Å². The summed E-state index contributed by atoms with van der Waals surface area (Å²) < 4.78 is 33.1. The highest BCUT2D eigenvalue weighted by molar-refractivity contribution is 5.98. The second-order valence-electron chi connectivity index (χ2n) is 5.57. The van der Waals surface area contributed by atoms with Crippen molar-refractivity contribution < 1.29 is 18.4 Å². The van der Waals surface area contributed by atoms with Crippen LogP contribution >= 0.6 is 0 Å². The van der Waals surface area contributed by atoms with Crippen molar-refractivity contribution >= 4 is 16.7 Å². The van der Waals surface area contributed by atoms with Crippen LogP contribution in [0.5, 0.6) is 5.75 Å². The standard InChI is InChI=1S/C19H16F2N4O2/c1-13(18-23-16-4-2-3-5-17(16)25(18)19(20)21)24-27-11-10-26-15-8-6-14(12-22)7-9-15/h2-9,19H,10-11H2,1H3/b24-13-. The van der Waals surface area contributed by atoms with E-state index >= 15 is 0 Å². The van der Waals surface area contributed by atoms with Crippen molar-refractivity contribution in [2.24, 2.45) is 5.16 Å². The number of nitriles is 1. The van der Waals surface area contributed by atoms with E-state index in [-0.39, 0.29) is 24.7 Å². The normalized spacial score (nSPS) is 11.6. The molecule has 138 valence electrons. The summed E-state index contributed by atoms with van der Waals surface area (Å²) in [6.45, 7) is -0.834. The maximum atomic E-state index is 13.4. The van der Waals surface area contributed by atoms with E-state index in [9.17, 15) is 8.78 Å². The fraction of sp³-hybridized carbons (Fsp3) is 0.211. The molecule has 8 heteroatoms. The molecule has 0 N–H and O–H groups in total. The number of imidazole rings is 1. The van der Waals surface area contributed by atoms with E-state index in [1.807, 2.05) is 6.07 Å². The van der Waals surface area contributed by atoms with Gasteiger partial charge in [-0.15, -0.1) is 0 Å². The molecule has 3 aromatic rings. The summed E-state index contributed by atoms with van der Waals surface area (Å²) in [5.74, 6) is 0.650. The summed E-state index contributed by atoms with van der Waals surface area (Å²) in [7, 11) is 0. The molecule has 0 fully saturated rings. The zero-order chi connectivity index (χ0) is 19.2. The first-order chi connectivity index (χ1) is 13.1. The van der Waals surface area contributed by atoms with E-state index in [2.05, 4.69) is 10.1 Å². The number of fused-ring (bicyclic) bond motifs is 1. The van der Waals surface area contributed by atoms with Gasteiger partial charge in [0.15, 0.2) is 12.4 Å². The highest BCUT2D eigenvalue weighted by atomic mass is 19.3. The summed E-state index contributed by atoms with van der Waals surface area (Å²) in [6.07, 6.45) is 0. The van der Waals surface area contributed by atoms with Crippen LogP contribution in [0.25, 0.3) is 11.0 Å². The summed E-state index contributed by atoms with van der Waals surface area (Å²) in [6, 6.07) is 15.3. The fourth-order valence-electron chi connectivity index (χ4n) is 2.50. The van der Waals surface area contributed by atoms with Crippen LogP contribution in [0.2, 0.25) is 0 Å². The predicted molar refractivity (Wildman–Crippen MR) is 95.8 cm³/mol. The molecule has 27 heavy (non-hydrogen) atoms. The molecule has 0 radical (unpaired) electrons. The third-order valence-corrected chi connectivity index (χ3v) is 3.74. The number of ether oxygens (including phenoxy) is 1. The van der Waals surface area contributed by atoms with E-state index in [0.717, 1.165) is 4.57 Å². The van der Waals surface area contributed by atoms with E-state index in [4.69, 9.17) is 14.8 Å². The molecule has 0 spiro atoms. The van der Waals surface area contributed by atoms with Crippen molar-refractivity contribution in [1.29, 1.82) is 5.26 Å². The summed E-state index contributed by atoms with van der Waals surface area (Å²) in [5.41, 5.74) is 1.58. The quantitative estimate of drug-likeness (QED) is 0.356. The molecular weight excluding hydrogens is 354 g/mol. The first-order valence-corrected chi connectivity index (χ1v) is 8.15. The highest BCUT2D eigenvalue weighted by Crippen LogP contribution is 2.23. The molecular formula is C19H16F2N4O2. The largest absolute Gasteiger partial charge is 0.490 e. The molecule has 2 aromatic carbocycles. The number of oxime groups is 1. The Labute approximate surface area is 154 Å². The van der Waals surface area contributed by atoms with Crippen molar-refractivity contribution in [2.45, 2.75) is 13.5 Å². The number of para-hydroxylation sites is 2. The average molecular weight is 370 g/mol. The Bertz CT molecular complexity index is 991. The molecule has 0 saturated heterocycles. The van der Waals surface area contributed by atoms with Gasteiger partial charge in [-0.05, 0) is 43.3 Å². The second kappa shape index (κ2) is 8.27. The molecule has 3 rings (SSSR count). The van der Waals surface area contributed by atoms with Gasteiger partial charge in [-0.25, -0.2) is 4.98 Å². The number of rotatable bonds is 7. The lowest BCUT2D eigenvalue weighted by molar-refractivity contribution is 0.0734. The van der Waals surface area contributed by atoms with Crippen LogP contribution in [0, 0.1) is 11.3 Å². The number of halogens is 2. The molecule has 0 aliphatic rings. The smallest absolute Gasteiger partial charge is 0.320 e. The fourth-order valence-corrected chi connectivity index (χ4v) is 2.50. The van der Waals surface area contributed by atoms with Gasteiger partial charge in [0.2, 0.25) is 0 Å². The van der Waals surface area contributed by atoms with Crippen molar-refractivity contribution in [2.75, 3.05) is 13.2 Å². The van der Waals surface area contributed by atoms with Gasteiger partial charge in [-0.1, -0.05) is 17.3 Å². The van der Waals surface area contributed by atoms with Gasteiger partial charge in [0, 0.05) is 0 Å². The van der Waals surface area contributed by atoms with Gasteiger partial charge < -0.3 is 9.57 Å². The topological polar surface area (TPSA) is 72.4 Å².